The molecule has 3 amide bonds. The van der Waals surface area contributed by atoms with E-state index in [1.807, 2.05) is 48.5 Å². The van der Waals surface area contributed by atoms with Crippen LogP contribution in [0.5, 0.6) is 0 Å². The van der Waals surface area contributed by atoms with Gasteiger partial charge in [-0.25, -0.2) is 14.5 Å². The van der Waals surface area contributed by atoms with Gasteiger partial charge in [-0.05, 0) is 29.2 Å². The van der Waals surface area contributed by atoms with E-state index >= 15 is 0 Å². The highest BCUT2D eigenvalue weighted by molar-refractivity contribution is 5.93. The maximum absolute atomic E-state index is 12.6. The van der Waals surface area contributed by atoms with Crippen LogP contribution in [0.25, 0.3) is 0 Å². The molecule has 3 aromatic rings. The van der Waals surface area contributed by atoms with Crippen molar-refractivity contribution in [2.45, 2.75) is 26.4 Å². The second-order valence-electron chi connectivity index (χ2n) is 8.39. The molecular formula is C25H31N7O2. The van der Waals surface area contributed by atoms with Gasteiger partial charge >= 0.3 is 6.03 Å². The molecule has 2 heterocycles. The van der Waals surface area contributed by atoms with Crippen LogP contribution in [0.4, 0.5) is 10.5 Å². The number of amides is 3. The smallest absolute Gasteiger partial charge is 0.317 e. The van der Waals surface area contributed by atoms with Crippen LogP contribution in [0.15, 0.2) is 61.2 Å². The van der Waals surface area contributed by atoms with Gasteiger partial charge in [-0.2, -0.15) is 5.10 Å². The number of anilines is 1. The number of rotatable bonds is 8. The maximum Gasteiger partial charge on any atom is 0.317 e. The Kier molecular flexibility index (Phi) is 7.87. The van der Waals surface area contributed by atoms with Crippen LogP contribution in [0.3, 0.4) is 0 Å². The predicted molar refractivity (Wildman–Crippen MR) is 130 cm³/mol. The number of nitrogens with one attached hydrogen (secondary N) is 2. The molecule has 2 N–H and O–H groups in total. The largest absolute Gasteiger partial charge is 0.334 e. The quantitative estimate of drug-likeness (QED) is 0.537. The summed E-state index contributed by atoms with van der Waals surface area (Å²) in [5.74, 6) is -0.0222. The normalized spacial score (nSPS) is 14.1. The van der Waals surface area contributed by atoms with E-state index in [9.17, 15) is 9.59 Å². The third-order valence-corrected chi connectivity index (χ3v) is 5.98. The fourth-order valence-corrected chi connectivity index (χ4v) is 4.01. The van der Waals surface area contributed by atoms with Gasteiger partial charge < -0.3 is 15.5 Å². The molecule has 0 radical (unpaired) electrons. The molecule has 0 saturated carbocycles. The van der Waals surface area contributed by atoms with Gasteiger partial charge in [0, 0.05) is 38.4 Å². The van der Waals surface area contributed by atoms with Crippen LogP contribution in [-0.4, -0.2) is 69.2 Å². The molecule has 0 atom stereocenters. The summed E-state index contributed by atoms with van der Waals surface area (Å²) in [6.07, 6.45) is 4.08. The molecule has 0 unspecified atom stereocenters. The molecule has 9 heteroatoms. The minimum atomic E-state index is -0.0762. The summed E-state index contributed by atoms with van der Waals surface area (Å²) in [4.78, 5) is 32.9. The monoisotopic (exact) mass is 461 g/mol. The topological polar surface area (TPSA) is 95.4 Å². The van der Waals surface area contributed by atoms with Gasteiger partial charge in [0.25, 0.3) is 0 Å². The average molecular weight is 462 g/mol. The standard InChI is InChI=1S/C25H31N7O2/c1-2-22-5-3-4-6-23(22)29-24(33)17-30-11-13-31(14-12-30)25(34)27-15-20-7-9-21(10-8-20)16-32-19-26-18-28-32/h3-10,18-19H,2,11-17H2,1H3,(H,27,34)(H,29,33). The van der Waals surface area contributed by atoms with E-state index in [1.165, 1.54) is 6.33 Å². The van der Waals surface area contributed by atoms with Crippen molar-refractivity contribution in [1.82, 2.24) is 29.9 Å². The molecule has 0 spiro atoms. The first kappa shape index (κ1) is 23.4. The fraction of sp³-hybridized carbons (Fsp3) is 0.360. The number of carbonyl (C=O) groups excluding carboxylic acids is 2. The zero-order valence-corrected chi connectivity index (χ0v) is 19.5. The zero-order chi connectivity index (χ0) is 23.8. The van der Waals surface area contributed by atoms with Crippen molar-refractivity contribution < 1.29 is 9.59 Å². The van der Waals surface area contributed by atoms with Crippen molar-refractivity contribution in [2.75, 3.05) is 38.0 Å². The summed E-state index contributed by atoms with van der Waals surface area (Å²) in [5, 5.41) is 10.1. The first-order valence-electron chi connectivity index (χ1n) is 11.6. The molecule has 2 aromatic carbocycles. The number of piperazine rings is 1. The Bertz CT molecular complexity index is 1070. The summed E-state index contributed by atoms with van der Waals surface area (Å²) in [7, 11) is 0. The lowest BCUT2D eigenvalue weighted by Crippen LogP contribution is -2.52. The van der Waals surface area contributed by atoms with Crippen LogP contribution in [-0.2, 0) is 24.3 Å². The van der Waals surface area contributed by atoms with Crippen molar-refractivity contribution in [2.24, 2.45) is 0 Å². The van der Waals surface area contributed by atoms with E-state index in [4.69, 9.17) is 0 Å². The average Bonchev–Trinajstić information content (AvgIpc) is 3.37. The summed E-state index contributed by atoms with van der Waals surface area (Å²) in [6, 6.07) is 15.9. The summed E-state index contributed by atoms with van der Waals surface area (Å²) in [6.45, 7) is 6.09. The molecular weight excluding hydrogens is 430 g/mol. The number of hydrogen-bond donors (Lipinski definition) is 2. The number of benzene rings is 2. The molecule has 178 valence electrons. The van der Waals surface area contributed by atoms with Crippen molar-refractivity contribution >= 4 is 17.6 Å². The lowest BCUT2D eigenvalue weighted by atomic mass is 10.1. The van der Waals surface area contributed by atoms with Gasteiger partial charge in [-0.3, -0.25) is 9.69 Å². The maximum atomic E-state index is 12.6. The fourth-order valence-electron chi connectivity index (χ4n) is 4.01. The highest BCUT2D eigenvalue weighted by Crippen LogP contribution is 2.15. The lowest BCUT2D eigenvalue weighted by molar-refractivity contribution is -0.117. The third-order valence-electron chi connectivity index (χ3n) is 5.98. The number of aryl methyl sites for hydroxylation is 1. The van der Waals surface area contributed by atoms with Crippen molar-refractivity contribution in [3.05, 3.63) is 77.9 Å². The molecule has 1 saturated heterocycles. The van der Waals surface area contributed by atoms with E-state index in [0.29, 0.717) is 45.8 Å². The number of carbonyl (C=O) groups is 2. The Morgan fingerprint density at radius 3 is 2.41 bits per heavy atom. The molecule has 1 aliphatic heterocycles. The van der Waals surface area contributed by atoms with Gasteiger partial charge in [-0.1, -0.05) is 49.4 Å². The molecule has 0 aliphatic carbocycles. The minimum absolute atomic E-state index is 0.0222. The molecule has 9 nitrogen and oxygen atoms in total. The molecule has 1 fully saturated rings. The van der Waals surface area contributed by atoms with Crippen LogP contribution >= 0.6 is 0 Å². The number of nitrogens with zero attached hydrogens (tertiary/aromatic N) is 5. The van der Waals surface area contributed by atoms with Gasteiger partial charge in [0.2, 0.25) is 5.91 Å². The third kappa shape index (κ3) is 6.41. The minimum Gasteiger partial charge on any atom is -0.334 e. The van der Waals surface area contributed by atoms with E-state index < -0.39 is 0 Å². The Hall–Kier alpha value is -3.72. The van der Waals surface area contributed by atoms with Gasteiger partial charge in [0.1, 0.15) is 12.7 Å². The van der Waals surface area contributed by atoms with Crippen LogP contribution in [0, 0.1) is 0 Å². The van der Waals surface area contributed by atoms with E-state index in [-0.39, 0.29) is 11.9 Å². The molecule has 1 aliphatic rings. The highest BCUT2D eigenvalue weighted by atomic mass is 16.2. The van der Waals surface area contributed by atoms with Gasteiger partial charge in [0.15, 0.2) is 0 Å². The first-order chi connectivity index (χ1) is 16.6. The van der Waals surface area contributed by atoms with E-state index in [2.05, 4.69) is 32.5 Å². The van der Waals surface area contributed by atoms with Crippen molar-refractivity contribution in [3.63, 3.8) is 0 Å². The Morgan fingerprint density at radius 2 is 1.71 bits per heavy atom. The second kappa shape index (κ2) is 11.4. The molecule has 4 rings (SSSR count). The SMILES string of the molecule is CCc1ccccc1NC(=O)CN1CCN(C(=O)NCc2ccc(Cn3cncn3)cc2)CC1. The van der Waals surface area contributed by atoms with Crippen LogP contribution in [0.1, 0.15) is 23.6 Å². The first-order valence-corrected chi connectivity index (χ1v) is 11.6. The number of urea groups is 1. The lowest BCUT2D eigenvalue weighted by Gasteiger charge is -2.34. The van der Waals surface area contributed by atoms with Crippen molar-refractivity contribution in [3.8, 4) is 0 Å². The number of para-hydroxylation sites is 1. The van der Waals surface area contributed by atoms with Gasteiger partial charge in [-0.15, -0.1) is 0 Å². The molecule has 34 heavy (non-hydrogen) atoms. The molecule has 1 aromatic heterocycles. The Balaban J connectivity index is 1.17. The highest BCUT2D eigenvalue weighted by Gasteiger charge is 2.22. The van der Waals surface area contributed by atoms with Crippen molar-refractivity contribution in [1.29, 1.82) is 0 Å². The molecule has 0 bridgehead atoms. The van der Waals surface area contributed by atoms with Crippen LogP contribution in [0.2, 0.25) is 0 Å². The van der Waals surface area contributed by atoms with E-state index in [0.717, 1.165) is 28.8 Å². The second-order valence-corrected chi connectivity index (χ2v) is 8.39. The predicted octanol–water partition coefficient (Wildman–Crippen LogP) is 2.35. The summed E-state index contributed by atoms with van der Waals surface area (Å²) < 4.78 is 1.77. The number of hydrogen-bond acceptors (Lipinski definition) is 5. The van der Waals surface area contributed by atoms with E-state index in [1.54, 1.807) is 15.9 Å². The summed E-state index contributed by atoms with van der Waals surface area (Å²) in [5.41, 5.74) is 4.17. The Morgan fingerprint density at radius 1 is 0.971 bits per heavy atom. The van der Waals surface area contributed by atoms with Crippen LogP contribution < -0.4 is 10.6 Å². The summed E-state index contributed by atoms with van der Waals surface area (Å²) >= 11 is 0. The number of aromatic nitrogens is 3. The van der Waals surface area contributed by atoms with Gasteiger partial charge in [0.05, 0.1) is 13.1 Å². The zero-order valence-electron chi connectivity index (χ0n) is 19.5. The Labute approximate surface area is 199 Å².